The molecule has 2 rings (SSSR count). The second kappa shape index (κ2) is 6.66. The van der Waals surface area contributed by atoms with Crippen LogP contribution in [0.25, 0.3) is 0 Å². The van der Waals surface area contributed by atoms with Crippen LogP contribution in [0.1, 0.15) is 39.1 Å². The molecule has 1 unspecified atom stereocenters. The van der Waals surface area contributed by atoms with Crippen molar-refractivity contribution in [1.82, 2.24) is 15.2 Å². The third-order valence-corrected chi connectivity index (χ3v) is 3.61. The van der Waals surface area contributed by atoms with Gasteiger partial charge in [-0.2, -0.15) is 5.10 Å². The van der Waals surface area contributed by atoms with E-state index < -0.39 is 0 Å². The molecule has 2 heterocycles. The maximum absolute atomic E-state index is 6.02. The summed E-state index contributed by atoms with van der Waals surface area (Å²) in [6.07, 6.45) is 1.77. The van der Waals surface area contributed by atoms with Crippen LogP contribution in [0.2, 0.25) is 0 Å². The second-order valence-corrected chi connectivity index (χ2v) is 6.05. The van der Waals surface area contributed by atoms with Crippen molar-refractivity contribution < 1.29 is 9.47 Å². The van der Waals surface area contributed by atoms with Gasteiger partial charge in [-0.25, -0.2) is 4.98 Å². The highest BCUT2D eigenvalue weighted by Crippen LogP contribution is 2.24. The number of nitrogens with zero attached hydrogens (tertiary/aromatic N) is 4. The van der Waals surface area contributed by atoms with E-state index in [1.54, 1.807) is 7.11 Å². The first kappa shape index (κ1) is 16.1. The molecule has 6 nitrogen and oxygen atoms in total. The van der Waals surface area contributed by atoms with Crippen molar-refractivity contribution in [2.45, 2.75) is 52.2 Å². The van der Waals surface area contributed by atoms with Gasteiger partial charge in [-0.1, -0.05) is 13.8 Å². The van der Waals surface area contributed by atoms with E-state index >= 15 is 0 Å². The molecule has 0 saturated carbocycles. The van der Waals surface area contributed by atoms with Crippen LogP contribution in [-0.4, -0.2) is 53.7 Å². The molecule has 1 aliphatic heterocycles. The molecule has 118 valence electrons. The van der Waals surface area contributed by atoms with Gasteiger partial charge in [0.2, 0.25) is 5.95 Å². The Labute approximate surface area is 126 Å². The number of aromatic nitrogens is 3. The molecule has 0 spiro atoms. The third-order valence-electron chi connectivity index (χ3n) is 3.61. The first-order chi connectivity index (χ1) is 9.99. The molecule has 1 saturated heterocycles. The van der Waals surface area contributed by atoms with Crippen LogP contribution in [0.15, 0.2) is 0 Å². The molecule has 0 N–H and O–H groups in total. The number of aryl methyl sites for hydroxylation is 2. The number of methoxy groups -OCH3 is 1. The Bertz CT molecular complexity index is 479. The van der Waals surface area contributed by atoms with Crippen LogP contribution in [0.5, 0.6) is 0 Å². The van der Waals surface area contributed by atoms with Gasteiger partial charge in [-0.15, -0.1) is 5.10 Å². The van der Waals surface area contributed by atoms with E-state index in [1.165, 1.54) is 0 Å². The SMILES string of the molecule is CCc1nnc(N2CC(COC)OC(C)(C)C2)nc1CC. The Balaban J connectivity index is 2.23. The van der Waals surface area contributed by atoms with Crippen molar-refractivity contribution in [3.8, 4) is 0 Å². The third kappa shape index (κ3) is 3.89. The van der Waals surface area contributed by atoms with Crippen molar-refractivity contribution in [2.24, 2.45) is 0 Å². The van der Waals surface area contributed by atoms with Crippen LogP contribution in [0.3, 0.4) is 0 Å². The van der Waals surface area contributed by atoms with Gasteiger partial charge in [0.1, 0.15) is 0 Å². The lowest BCUT2D eigenvalue weighted by molar-refractivity contribution is -0.106. The molecular formula is C15H26N4O2. The second-order valence-electron chi connectivity index (χ2n) is 6.05. The summed E-state index contributed by atoms with van der Waals surface area (Å²) in [4.78, 5) is 6.85. The van der Waals surface area contributed by atoms with E-state index in [4.69, 9.17) is 14.5 Å². The van der Waals surface area contributed by atoms with Crippen LogP contribution in [-0.2, 0) is 22.3 Å². The summed E-state index contributed by atoms with van der Waals surface area (Å²) in [7, 11) is 1.69. The number of ether oxygens (including phenoxy) is 2. The van der Waals surface area contributed by atoms with Gasteiger partial charge in [0, 0.05) is 20.2 Å². The highest BCUT2D eigenvalue weighted by molar-refractivity contribution is 5.32. The van der Waals surface area contributed by atoms with Crippen LogP contribution in [0.4, 0.5) is 5.95 Å². The van der Waals surface area contributed by atoms with E-state index in [2.05, 4.69) is 42.8 Å². The molecule has 1 aromatic rings. The number of anilines is 1. The smallest absolute Gasteiger partial charge is 0.245 e. The largest absolute Gasteiger partial charge is 0.382 e. The molecule has 0 aliphatic carbocycles. The molecule has 0 amide bonds. The van der Waals surface area contributed by atoms with Gasteiger partial charge >= 0.3 is 0 Å². The van der Waals surface area contributed by atoms with Gasteiger partial charge < -0.3 is 14.4 Å². The lowest BCUT2D eigenvalue weighted by atomic mass is 10.1. The van der Waals surface area contributed by atoms with E-state index in [0.717, 1.165) is 37.3 Å². The molecule has 1 aromatic heterocycles. The van der Waals surface area contributed by atoms with Crippen LogP contribution >= 0.6 is 0 Å². The van der Waals surface area contributed by atoms with Crippen LogP contribution in [0, 0.1) is 0 Å². The highest BCUT2D eigenvalue weighted by Gasteiger charge is 2.34. The Morgan fingerprint density at radius 3 is 2.57 bits per heavy atom. The summed E-state index contributed by atoms with van der Waals surface area (Å²) in [5.74, 6) is 0.696. The summed E-state index contributed by atoms with van der Waals surface area (Å²) in [5, 5.41) is 8.65. The van der Waals surface area contributed by atoms with E-state index in [-0.39, 0.29) is 11.7 Å². The number of morpholine rings is 1. The predicted octanol–water partition coefficient (Wildman–Crippen LogP) is 1.63. The maximum atomic E-state index is 6.02. The Hall–Kier alpha value is -1.27. The summed E-state index contributed by atoms with van der Waals surface area (Å²) in [5.41, 5.74) is 1.78. The first-order valence-corrected chi connectivity index (χ1v) is 7.63. The summed E-state index contributed by atoms with van der Waals surface area (Å²) in [6.45, 7) is 10.4. The maximum Gasteiger partial charge on any atom is 0.245 e. The highest BCUT2D eigenvalue weighted by atomic mass is 16.5. The number of rotatable bonds is 5. The van der Waals surface area contributed by atoms with Crippen molar-refractivity contribution in [2.75, 3.05) is 31.7 Å². The molecule has 0 radical (unpaired) electrons. The summed E-state index contributed by atoms with van der Waals surface area (Å²) >= 11 is 0. The van der Waals surface area contributed by atoms with Crippen molar-refractivity contribution in [1.29, 1.82) is 0 Å². The van der Waals surface area contributed by atoms with Gasteiger partial charge in [0.05, 0.1) is 29.7 Å². The minimum Gasteiger partial charge on any atom is -0.382 e. The lowest BCUT2D eigenvalue weighted by Gasteiger charge is -2.42. The summed E-state index contributed by atoms with van der Waals surface area (Å²) < 4.78 is 11.3. The van der Waals surface area contributed by atoms with E-state index in [9.17, 15) is 0 Å². The fourth-order valence-electron chi connectivity index (χ4n) is 2.78. The Kier molecular flexibility index (Phi) is 5.11. The molecule has 1 fully saturated rings. The molecule has 0 aromatic carbocycles. The Morgan fingerprint density at radius 1 is 1.24 bits per heavy atom. The number of hydrogen-bond donors (Lipinski definition) is 0. The van der Waals surface area contributed by atoms with Crippen molar-refractivity contribution in [3.63, 3.8) is 0 Å². The topological polar surface area (TPSA) is 60.4 Å². The predicted molar refractivity (Wildman–Crippen MR) is 81.6 cm³/mol. The minimum absolute atomic E-state index is 0.0262. The van der Waals surface area contributed by atoms with E-state index in [0.29, 0.717) is 12.6 Å². The van der Waals surface area contributed by atoms with E-state index in [1.807, 2.05) is 0 Å². The molecular weight excluding hydrogens is 268 g/mol. The molecule has 21 heavy (non-hydrogen) atoms. The fraction of sp³-hybridized carbons (Fsp3) is 0.800. The van der Waals surface area contributed by atoms with Crippen LogP contribution < -0.4 is 4.90 Å². The monoisotopic (exact) mass is 294 g/mol. The average molecular weight is 294 g/mol. The van der Waals surface area contributed by atoms with Crippen molar-refractivity contribution in [3.05, 3.63) is 11.4 Å². The molecule has 1 atom stereocenters. The zero-order valence-electron chi connectivity index (χ0n) is 13.7. The van der Waals surface area contributed by atoms with Gasteiger partial charge in [0.25, 0.3) is 0 Å². The first-order valence-electron chi connectivity index (χ1n) is 7.63. The summed E-state index contributed by atoms with van der Waals surface area (Å²) in [6, 6.07) is 0. The standard InChI is InChI=1S/C15H26N4O2/c1-6-12-13(7-2)17-18-14(16-12)19-8-11(9-20-5)21-15(3,4)10-19/h11H,6-10H2,1-5H3. The molecule has 6 heteroatoms. The number of hydrogen-bond acceptors (Lipinski definition) is 6. The molecule has 0 bridgehead atoms. The zero-order chi connectivity index (χ0) is 15.5. The minimum atomic E-state index is -0.249. The van der Waals surface area contributed by atoms with Crippen molar-refractivity contribution >= 4 is 5.95 Å². The Morgan fingerprint density at radius 2 is 1.95 bits per heavy atom. The quantitative estimate of drug-likeness (QED) is 0.822. The molecule has 1 aliphatic rings. The normalized spacial score (nSPS) is 21.6. The van der Waals surface area contributed by atoms with Gasteiger partial charge in [-0.3, -0.25) is 0 Å². The van der Waals surface area contributed by atoms with Gasteiger partial charge in [-0.05, 0) is 26.7 Å². The lowest BCUT2D eigenvalue weighted by Crippen LogP contribution is -2.54. The zero-order valence-corrected chi connectivity index (χ0v) is 13.7. The average Bonchev–Trinajstić information content (AvgIpc) is 2.45. The fourth-order valence-corrected chi connectivity index (χ4v) is 2.78. The van der Waals surface area contributed by atoms with Gasteiger partial charge in [0.15, 0.2) is 0 Å².